The zero-order valence-corrected chi connectivity index (χ0v) is 20.3. The number of carbonyl (C=O) groups excluding carboxylic acids is 1. The third-order valence-electron chi connectivity index (χ3n) is 5.51. The molecule has 0 aliphatic heterocycles. The Labute approximate surface area is 204 Å². The molecule has 0 unspecified atom stereocenters. The molecule has 34 heavy (non-hydrogen) atoms. The lowest BCUT2D eigenvalue weighted by molar-refractivity contribution is 0.101. The second-order valence-corrected chi connectivity index (χ2v) is 10.2. The maximum Gasteiger partial charge on any atom is 0.333 e. The first-order chi connectivity index (χ1) is 16.2. The Kier molecular flexibility index (Phi) is 7.38. The van der Waals surface area contributed by atoms with Crippen molar-refractivity contribution in [2.24, 2.45) is 11.1 Å². The lowest BCUT2D eigenvalue weighted by Crippen LogP contribution is -2.24. The Hall–Kier alpha value is -2.71. The Morgan fingerprint density at radius 3 is 2.91 bits per heavy atom. The number of nitrogens with two attached hydrogens (primary N) is 1. The molecule has 0 radical (unpaired) electrons. The highest BCUT2D eigenvalue weighted by Crippen LogP contribution is 2.30. The highest BCUT2D eigenvalue weighted by atomic mass is 79.9. The van der Waals surface area contributed by atoms with Crippen LogP contribution in [0, 0.1) is 5.92 Å². The van der Waals surface area contributed by atoms with Gasteiger partial charge in [0.2, 0.25) is 5.78 Å². The first kappa shape index (κ1) is 24.4. The van der Waals surface area contributed by atoms with Gasteiger partial charge in [0.1, 0.15) is 17.8 Å². The van der Waals surface area contributed by atoms with E-state index in [9.17, 15) is 18.3 Å². The van der Waals surface area contributed by atoms with Crippen LogP contribution in [0.25, 0.3) is 0 Å². The van der Waals surface area contributed by atoms with Crippen molar-refractivity contribution in [3.8, 4) is 0 Å². The molecule has 0 saturated heterocycles. The fraction of sp³-hybridized carbons (Fsp3) is 0.333. The number of aromatic nitrogens is 4. The van der Waals surface area contributed by atoms with Crippen LogP contribution in [0.4, 0.5) is 5.82 Å². The number of rotatable bonds is 9. The summed E-state index contributed by atoms with van der Waals surface area (Å²) in [6, 6.07) is 9.20. The molecule has 3 aromatic rings. The fourth-order valence-corrected chi connectivity index (χ4v) is 4.73. The zero-order valence-electron chi connectivity index (χ0n) is 17.9. The molecule has 2 heterocycles. The second kappa shape index (κ2) is 10.3. The number of hydrogen-bond donors (Lipinski definition) is 3. The third-order valence-corrected chi connectivity index (χ3v) is 6.47. The van der Waals surface area contributed by atoms with E-state index in [1.807, 2.05) is 24.3 Å². The van der Waals surface area contributed by atoms with Gasteiger partial charge in [0.05, 0.1) is 24.8 Å². The summed E-state index contributed by atoms with van der Waals surface area (Å²) in [7, 11) is -4.09. The lowest BCUT2D eigenvalue weighted by atomic mass is 10.1. The van der Waals surface area contributed by atoms with E-state index >= 15 is 0 Å². The van der Waals surface area contributed by atoms with Gasteiger partial charge in [-0.2, -0.15) is 13.5 Å². The van der Waals surface area contributed by atoms with Crippen LogP contribution in [0.5, 0.6) is 0 Å². The summed E-state index contributed by atoms with van der Waals surface area (Å²) >= 11 is 3.44. The lowest BCUT2D eigenvalue weighted by Gasteiger charge is -2.15. The van der Waals surface area contributed by atoms with Crippen LogP contribution in [-0.4, -0.2) is 57.8 Å². The molecule has 1 aromatic carbocycles. The molecule has 3 atom stereocenters. The van der Waals surface area contributed by atoms with E-state index in [1.165, 1.54) is 12.5 Å². The standard InChI is InChI=1S/C21H23BrN6O5S/c22-15-3-1-2-13(6-15)10-28-5-4-18(27-28)20(30)17-9-24-12-25-21(17)26-16-7-14(19(29)8-16)11-33-34(23,31)32/h1-6,9,12,14,16,19,29H,7-8,10-11H2,(H2,23,31,32)(H,24,25,26)/t14-,16-,19+/m1/s1. The van der Waals surface area contributed by atoms with Gasteiger partial charge >= 0.3 is 10.3 Å². The van der Waals surface area contributed by atoms with Crippen LogP contribution in [0.2, 0.25) is 0 Å². The largest absolute Gasteiger partial charge is 0.393 e. The highest BCUT2D eigenvalue weighted by molar-refractivity contribution is 9.10. The van der Waals surface area contributed by atoms with Crippen LogP contribution >= 0.6 is 15.9 Å². The monoisotopic (exact) mass is 550 g/mol. The predicted molar refractivity (Wildman–Crippen MR) is 126 cm³/mol. The van der Waals surface area contributed by atoms with Gasteiger partial charge in [0.25, 0.3) is 0 Å². The minimum atomic E-state index is -4.09. The summed E-state index contributed by atoms with van der Waals surface area (Å²) in [4.78, 5) is 21.3. The molecule has 4 N–H and O–H groups in total. The van der Waals surface area contributed by atoms with Crippen molar-refractivity contribution in [2.45, 2.75) is 31.5 Å². The number of nitrogens with one attached hydrogen (secondary N) is 1. The quantitative estimate of drug-likeness (QED) is 0.335. The molecule has 4 rings (SSSR count). The number of halogens is 1. The fourth-order valence-electron chi connectivity index (χ4n) is 3.92. The predicted octanol–water partition coefficient (Wildman–Crippen LogP) is 1.49. The summed E-state index contributed by atoms with van der Waals surface area (Å²) in [5.74, 6) is -0.457. The molecule has 1 fully saturated rings. The smallest absolute Gasteiger partial charge is 0.333 e. The van der Waals surface area contributed by atoms with E-state index in [0.717, 1.165) is 10.0 Å². The Bertz CT molecular complexity index is 1280. The minimum absolute atomic E-state index is 0.219. The number of hydrogen-bond acceptors (Lipinski definition) is 9. The molecule has 11 nitrogen and oxygen atoms in total. The molecule has 0 amide bonds. The molecule has 2 aromatic heterocycles. The van der Waals surface area contributed by atoms with Crippen LogP contribution < -0.4 is 10.5 Å². The van der Waals surface area contributed by atoms with Gasteiger partial charge in [-0.25, -0.2) is 15.1 Å². The van der Waals surface area contributed by atoms with Crippen LogP contribution in [0.3, 0.4) is 0 Å². The number of anilines is 1. The molecule has 1 aliphatic rings. The molecule has 1 aliphatic carbocycles. The van der Waals surface area contributed by atoms with Crippen molar-refractivity contribution >= 4 is 37.8 Å². The average molecular weight is 551 g/mol. The van der Waals surface area contributed by atoms with Crippen molar-refractivity contribution < 1.29 is 22.5 Å². The van der Waals surface area contributed by atoms with Gasteiger partial charge in [-0.05, 0) is 36.6 Å². The molecule has 13 heteroatoms. The van der Waals surface area contributed by atoms with E-state index in [1.54, 1.807) is 16.9 Å². The third kappa shape index (κ3) is 6.24. The first-order valence-electron chi connectivity index (χ1n) is 10.4. The van der Waals surface area contributed by atoms with Crippen molar-refractivity contribution in [1.29, 1.82) is 0 Å². The summed E-state index contributed by atoms with van der Waals surface area (Å²) in [5, 5.41) is 22.7. The van der Waals surface area contributed by atoms with E-state index in [-0.39, 0.29) is 29.7 Å². The topological polar surface area (TPSA) is 162 Å². The summed E-state index contributed by atoms with van der Waals surface area (Å²) in [6.07, 6.45) is 4.42. The maximum atomic E-state index is 13.1. The molecule has 1 saturated carbocycles. The summed E-state index contributed by atoms with van der Waals surface area (Å²) < 4.78 is 29.3. The molecule has 180 valence electrons. The number of benzene rings is 1. The number of aliphatic hydroxyl groups excluding tert-OH is 1. The van der Waals surface area contributed by atoms with Gasteiger partial charge in [-0.1, -0.05) is 28.1 Å². The number of nitrogens with zero attached hydrogens (tertiary/aromatic N) is 4. The second-order valence-electron chi connectivity index (χ2n) is 8.06. The summed E-state index contributed by atoms with van der Waals surface area (Å²) in [5.41, 5.74) is 1.52. The van der Waals surface area contributed by atoms with Gasteiger partial charge < -0.3 is 10.4 Å². The number of aliphatic hydroxyl groups is 1. The maximum absolute atomic E-state index is 13.1. The van der Waals surface area contributed by atoms with Gasteiger partial charge in [-0.3, -0.25) is 13.7 Å². The van der Waals surface area contributed by atoms with Crippen molar-refractivity contribution in [1.82, 2.24) is 19.7 Å². The van der Waals surface area contributed by atoms with Gasteiger partial charge in [0.15, 0.2) is 0 Å². The van der Waals surface area contributed by atoms with Crippen molar-refractivity contribution in [3.05, 3.63) is 70.3 Å². The Morgan fingerprint density at radius 1 is 1.32 bits per heavy atom. The SMILES string of the molecule is NS(=O)(=O)OC[C@H]1C[C@@H](Nc2ncncc2C(=O)c2ccn(Cc3cccc(Br)c3)n2)C[C@@H]1O. The Balaban J connectivity index is 1.44. The normalized spacial score (nSPS) is 20.4. The zero-order chi connectivity index (χ0) is 24.3. The first-order valence-corrected chi connectivity index (χ1v) is 12.7. The van der Waals surface area contributed by atoms with E-state index < -0.39 is 22.3 Å². The molecule has 0 spiro atoms. The van der Waals surface area contributed by atoms with Gasteiger partial charge in [0, 0.05) is 28.8 Å². The summed E-state index contributed by atoms with van der Waals surface area (Å²) in [6.45, 7) is 0.286. The van der Waals surface area contributed by atoms with E-state index in [2.05, 4.69) is 40.5 Å². The molecular weight excluding hydrogens is 528 g/mol. The average Bonchev–Trinajstić information content (AvgIpc) is 3.38. The number of carbonyl (C=O) groups is 1. The minimum Gasteiger partial charge on any atom is -0.393 e. The van der Waals surface area contributed by atoms with Crippen LogP contribution in [-0.2, 0) is 21.0 Å². The van der Waals surface area contributed by atoms with Crippen LogP contribution in [0.15, 0.2) is 53.5 Å². The highest BCUT2D eigenvalue weighted by Gasteiger charge is 2.34. The number of ketones is 1. The van der Waals surface area contributed by atoms with Crippen molar-refractivity contribution in [3.63, 3.8) is 0 Å². The van der Waals surface area contributed by atoms with Crippen LogP contribution in [0.1, 0.15) is 34.5 Å². The molecule has 0 bridgehead atoms. The Morgan fingerprint density at radius 2 is 2.15 bits per heavy atom. The van der Waals surface area contributed by atoms with Crippen molar-refractivity contribution in [2.75, 3.05) is 11.9 Å². The van der Waals surface area contributed by atoms with E-state index in [4.69, 9.17) is 5.14 Å². The van der Waals surface area contributed by atoms with Gasteiger partial charge in [-0.15, -0.1) is 0 Å². The molecular formula is C21H23BrN6O5S. The van der Waals surface area contributed by atoms with E-state index in [0.29, 0.717) is 25.2 Å².